The molecule has 1 heterocycles. The Balaban J connectivity index is 2.71. The van der Waals surface area contributed by atoms with Crippen molar-refractivity contribution < 1.29 is 26.3 Å². The van der Waals surface area contributed by atoms with Crippen molar-refractivity contribution >= 4 is 16.7 Å². The van der Waals surface area contributed by atoms with Gasteiger partial charge >= 0.3 is 12.1 Å². The Labute approximate surface area is 115 Å². The van der Waals surface area contributed by atoms with Gasteiger partial charge in [-0.2, -0.15) is 22.0 Å². The van der Waals surface area contributed by atoms with Crippen molar-refractivity contribution in [3.8, 4) is 0 Å². The van der Waals surface area contributed by atoms with Crippen LogP contribution in [0.4, 0.5) is 32.2 Å². The Bertz CT molecular complexity index is 668. The summed E-state index contributed by atoms with van der Waals surface area (Å²) in [5.41, 5.74) is -0.333. The first-order chi connectivity index (χ1) is 9.66. The van der Waals surface area contributed by atoms with Crippen molar-refractivity contribution in [3.05, 3.63) is 29.8 Å². The summed E-state index contributed by atoms with van der Waals surface area (Å²) in [4.78, 5) is 6.40. The molecular formula is C12H9F6N3. The first-order valence-corrected chi connectivity index (χ1v) is 5.83. The van der Waals surface area contributed by atoms with Gasteiger partial charge in [0, 0.05) is 18.0 Å². The second kappa shape index (κ2) is 5.05. The third-order valence-electron chi connectivity index (χ3n) is 2.64. The molecular weight excluding hydrogens is 300 g/mol. The van der Waals surface area contributed by atoms with Gasteiger partial charge in [0.25, 0.3) is 0 Å². The average Bonchev–Trinajstić information content (AvgIpc) is 2.36. The van der Waals surface area contributed by atoms with Crippen LogP contribution in [0.2, 0.25) is 0 Å². The smallest absolute Gasteiger partial charge is 0.370 e. The Morgan fingerprint density at radius 3 is 2.33 bits per heavy atom. The van der Waals surface area contributed by atoms with Crippen LogP contribution < -0.4 is 5.32 Å². The molecule has 0 radical (unpaired) electrons. The van der Waals surface area contributed by atoms with Crippen LogP contribution in [0.25, 0.3) is 10.9 Å². The van der Waals surface area contributed by atoms with E-state index in [0.29, 0.717) is 0 Å². The fourth-order valence-corrected chi connectivity index (χ4v) is 1.67. The molecule has 0 unspecified atom stereocenters. The van der Waals surface area contributed by atoms with Gasteiger partial charge in [-0.1, -0.05) is 0 Å². The van der Waals surface area contributed by atoms with Gasteiger partial charge in [0.05, 0.1) is 5.52 Å². The Hall–Kier alpha value is -2.06. The maximum atomic E-state index is 13.3. The van der Waals surface area contributed by atoms with Gasteiger partial charge < -0.3 is 5.32 Å². The van der Waals surface area contributed by atoms with E-state index < -0.39 is 23.7 Å². The summed E-state index contributed by atoms with van der Waals surface area (Å²) in [6.45, 7) is 1.85. The summed E-state index contributed by atoms with van der Waals surface area (Å²) in [5, 5.41) is 2.71. The molecule has 1 aromatic heterocycles. The minimum atomic E-state index is -5.84. The van der Waals surface area contributed by atoms with Gasteiger partial charge in [-0.05, 0) is 19.1 Å². The molecule has 0 aliphatic heterocycles. The summed E-state index contributed by atoms with van der Waals surface area (Å²) >= 11 is 0. The Morgan fingerprint density at radius 2 is 1.76 bits per heavy atom. The van der Waals surface area contributed by atoms with Crippen molar-refractivity contribution in [2.75, 3.05) is 11.9 Å². The molecule has 0 aliphatic rings. The molecule has 0 saturated heterocycles. The molecule has 1 aromatic carbocycles. The van der Waals surface area contributed by atoms with E-state index in [0.717, 1.165) is 12.1 Å². The molecule has 0 spiro atoms. The van der Waals surface area contributed by atoms with Crippen LogP contribution in [0.3, 0.4) is 0 Å². The van der Waals surface area contributed by atoms with Crippen LogP contribution >= 0.6 is 0 Å². The minimum Gasteiger partial charge on any atom is -0.370 e. The number of anilines is 1. The minimum absolute atomic E-state index is 0.153. The highest BCUT2D eigenvalue weighted by molar-refractivity contribution is 5.89. The van der Waals surface area contributed by atoms with Crippen molar-refractivity contribution in [2.45, 2.75) is 19.0 Å². The molecule has 2 aromatic rings. The molecule has 0 amide bonds. The molecule has 114 valence electrons. The SMILES string of the molecule is CCNc1nc(C(F)(F)C(F)(F)F)nc2cc(F)ccc12. The van der Waals surface area contributed by atoms with Gasteiger partial charge in [-0.15, -0.1) is 0 Å². The molecule has 3 nitrogen and oxygen atoms in total. The third-order valence-corrected chi connectivity index (χ3v) is 2.64. The van der Waals surface area contributed by atoms with Crippen LogP contribution in [0.15, 0.2) is 18.2 Å². The number of benzene rings is 1. The quantitative estimate of drug-likeness (QED) is 0.875. The molecule has 1 N–H and O–H groups in total. The van der Waals surface area contributed by atoms with E-state index in [1.54, 1.807) is 6.92 Å². The van der Waals surface area contributed by atoms with Gasteiger partial charge in [0.1, 0.15) is 11.6 Å². The summed E-state index contributed by atoms with van der Waals surface area (Å²) in [6.07, 6.45) is -5.84. The third kappa shape index (κ3) is 2.72. The fourth-order valence-electron chi connectivity index (χ4n) is 1.67. The molecule has 9 heteroatoms. The lowest BCUT2D eigenvalue weighted by atomic mass is 10.2. The van der Waals surface area contributed by atoms with E-state index in [4.69, 9.17) is 0 Å². The van der Waals surface area contributed by atoms with Crippen molar-refractivity contribution in [1.82, 2.24) is 9.97 Å². The number of alkyl halides is 5. The molecule has 0 saturated carbocycles. The highest BCUT2D eigenvalue weighted by atomic mass is 19.4. The molecule has 0 fully saturated rings. The zero-order valence-corrected chi connectivity index (χ0v) is 10.6. The zero-order valence-electron chi connectivity index (χ0n) is 10.6. The van der Waals surface area contributed by atoms with Gasteiger partial charge in [0.15, 0.2) is 0 Å². The highest BCUT2D eigenvalue weighted by Gasteiger charge is 2.61. The zero-order chi connectivity index (χ0) is 15.8. The molecule has 0 aliphatic carbocycles. The van der Waals surface area contributed by atoms with Crippen LogP contribution in [0, 0.1) is 5.82 Å². The van der Waals surface area contributed by atoms with Crippen LogP contribution in [0.1, 0.15) is 12.7 Å². The second-order valence-corrected chi connectivity index (χ2v) is 4.16. The number of nitrogens with zero attached hydrogens (tertiary/aromatic N) is 2. The lowest BCUT2D eigenvalue weighted by Crippen LogP contribution is -2.35. The molecule has 21 heavy (non-hydrogen) atoms. The lowest BCUT2D eigenvalue weighted by Gasteiger charge is -2.19. The number of aromatic nitrogens is 2. The second-order valence-electron chi connectivity index (χ2n) is 4.16. The maximum absolute atomic E-state index is 13.3. The van der Waals surface area contributed by atoms with E-state index in [1.165, 1.54) is 6.07 Å². The molecule has 0 atom stereocenters. The number of rotatable bonds is 3. The maximum Gasteiger partial charge on any atom is 0.461 e. The predicted molar refractivity (Wildman–Crippen MR) is 63.6 cm³/mol. The monoisotopic (exact) mass is 309 g/mol. The Kier molecular flexibility index (Phi) is 3.68. The number of hydrogen-bond donors (Lipinski definition) is 1. The van der Waals surface area contributed by atoms with Crippen LogP contribution in [-0.2, 0) is 5.92 Å². The van der Waals surface area contributed by atoms with E-state index in [9.17, 15) is 26.3 Å². The lowest BCUT2D eigenvalue weighted by molar-refractivity contribution is -0.292. The largest absolute Gasteiger partial charge is 0.461 e. The van der Waals surface area contributed by atoms with Gasteiger partial charge in [0.2, 0.25) is 5.82 Å². The summed E-state index contributed by atoms with van der Waals surface area (Å²) in [6, 6.07) is 3.01. The standard InChI is InChI=1S/C12H9F6N3/c1-2-19-9-7-4-3-6(13)5-8(7)20-10(21-9)11(14,15)12(16,17)18/h3-5H,2H2,1H3,(H,19,20,21). The van der Waals surface area contributed by atoms with Crippen LogP contribution in [0.5, 0.6) is 0 Å². The summed E-state index contributed by atoms with van der Waals surface area (Å²) in [7, 11) is 0. The van der Waals surface area contributed by atoms with Gasteiger partial charge in [-0.25, -0.2) is 14.4 Å². The van der Waals surface area contributed by atoms with Crippen molar-refractivity contribution in [2.24, 2.45) is 0 Å². The number of nitrogens with one attached hydrogen (secondary N) is 1. The Morgan fingerprint density at radius 1 is 1.10 bits per heavy atom. The highest BCUT2D eigenvalue weighted by Crippen LogP contribution is 2.43. The van der Waals surface area contributed by atoms with Crippen LogP contribution in [-0.4, -0.2) is 22.7 Å². The van der Waals surface area contributed by atoms with Crippen molar-refractivity contribution in [1.29, 1.82) is 0 Å². The first kappa shape index (κ1) is 15.3. The average molecular weight is 309 g/mol. The van der Waals surface area contributed by atoms with E-state index in [-0.39, 0.29) is 23.3 Å². The van der Waals surface area contributed by atoms with E-state index in [2.05, 4.69) is 15.3 Å². The number of halogens is 6. The number of hydrogen-bond acceptors (Lipinski definition) is 3. The first-order valence-electron chi connectivity index (χ1n) is 5.83. The molecule has 2 rings (SSSR count). The van der Waals surface area contributed by atoms with Gasteiger partial charge in [-0.3, -0.25) is 0 Å². The normalized spacial score (nSPS) is 12.7. The fraction of sp³-hybridized carbons (Fsp3) is 0.333. The summed E-state index contributed by atoms with van der Waals surface area (Å²) < 4.78 is 77.0. The molecule has 0 bridgehead atoms. The number of fused-ring (bicyclic) bond motifs is 1. The topological polar surface area (TPSA) is 37.8 Å². The van der Waals surface area contributed by atoms with E-state index >= 15 is 0 Å². The van der Waals surface area contributed by atoms with Crippen molar-refractivity contribution in [3.63, 3.8) is 0 Å². The predicted octanol–water partition coefficient (Wildman–Crippen LogP) is 3.85. The summed E-state index contributed by atoms with van der Waals surface area (Å²) in [5.74, 6) is -7.95. The van der Waals surface area contributed by atoms with E-state index in [1.807, 2.05) is 0 Å².